The van der Waals surface area contributed by atoms with Gasteiger partial charge in [-0.3, -0.25) is 9.59 Å². The summed E-state index contributed by atoms with van der Waals surface area (Å²) in [6, 6.07) is 12.6. The number of rotatable bonds is 8. The van der Waals surface area contributed by atoms with Crippen LogP contribution in [0.25, 0.3) is 0 Å². The van der Waals surface area contributed by atoms with Gasteiger partial charge in [0.05, 0.1) is 13.7 Å². The normalized spacial score (nSPS) is 10.1. The summed E-state index contributed by atoms with van der Waals surface area (Å²) in [5.74, 6) is 1.22. The number of carbonyl (C=O) groups is 2. The number of anilines is 1. The minimum absolute atomic E-state index is 0.111. The van der Waals surface area contributed by atoms with Gasteiger partial charge >= 0.3 is 0 Å². The third-order valence-electron chi connectivity index (χ3n) is 3.96. The second-order valence-electron chi connectivity index (χ2n) is 5.73. The van der Waals surface area contributed by atoms with E-state index in [1.807, 2.05) is 31.2 Å². The SMILES string of the molecule is CNC(=O)c1cccc(NC(=O)CCCOc2ccc(OC)cc2)c1C. The van der Waals surface area contributed by atoms with Gasteiger partial charge in [0, 0.05) is 24.7 Å². The first-order chi connectivity index (χ1) is 12.5. The Balaban J connectivity index is 1.81. The van der Waals surface area contributed by atoms with Crippen molar-refractivity contribution in [3.8, 4) is 11.5 Å². The van der Waals surface area contributed by atoms with Gasteiger partial charge in [-0.25, -0.2) is 0 Å². The lowest BCUT2D eigenvalue weighted by molar-refractivity contribution is -0.116. The van der Waals surface area contributed by atoms with E-state index in [2.05, 4.69) is 10.6 Å². The van der Waals surface area contributed by atoms with E-state index in [1.165, 1.54) is 0 Å². The predicted molar refractivity (Wildman–Crippen MR) is 101 cm³/mol. The maximum atomic E-state index is 12.1. The lowest BCUT2D eigenvalue weighted by Gasteiger charge is -2.12. The highest BCUT2D eigenvalue weighted by Crippen LogP contribution is 2.20. The maximum Gasteiger partial charge on any atom is 0.251 e. The Labute approximate surface area is 153 Å². The van der Waals surface area contributed by atoms with Crippen molar-refractivity contribution >= 4 is 17.5 Å². The lowest BCUT2D eigenvalue weighted by atomic mass is 10.1. The van der Waals surface area contributed by atoms with E-state index in [9.17, 15) is 9.59 Å². The van der Waals surface area contributed by atoms with Gasteiger partial charge < -0.3 is 20.1 Å². The molecule has 0 aliphatic carbocycles. The molecule has 6 nitrogen and oxygen atoms in total. The van der Waals surface area contributed by atoms with Gasteiger partial charge in [-0.1, -0.05) is 6.07 Å². The van der Waals surface area contributed by atoms with Gasteiger partial charge in [-0.15, -0.1) is 0 Å². The van der Waals surface area contributed by atoms with E-state index < -0.39 is 0 Å². The van der Waals surface area contributed by atoms with Gasteiger partial charge in [-0.2, -0.15) is 0 Å². The summed E-state index contributed by atoms with van der Waals surface area (Å²) in [6.45, 7) is 2.25. The Morgan fingerprint density at radius 3 is 2.38 bits per heavy atom. The molecule has 2 N–H and O–H groups in total. The molecule has 0 aliphatic rings. The van der Waals surface area contributed by atoms with E-state index in [4.69, 9.17) is 9.47 Å². The average molecular weight is 356 g/mol. The zero-order valence-electron chi connectivity index (χ0n) is 15.3. The van der Waals surface area contributed by atoms with E-state index in [-0.39, 0.29) is 11.8 Å². The van der Waals surface area contributed by atoms with Crippen molar-refractivity contribution in [1.29, 1.82) is 0 Å². The summed E-state index contributed by atoms with van der Waals surface area (Å²) in [5.41, 5.74) is 1.94. The highest BCUT2D eigenvalue weighted by Gasteiger charge is 2.12. The second kappa shape index (κ2) is 9.46. The summed E-state index contributed by atoms with van der Waals surface area (Å²) >= 11 is 0. The van der Waals surface area contributed by atoms with Crippen LogP contribution in [0.2, 0.25) is 0 Å². The first kappa shape index (κ1) is 19.3. The van der Waals surface area contributed by atoms with E-state index in [0.717, 1.165) is 17.1 Å². The molecule has 0 fully saturated rings. The smallest absolute Gasteiger partial charge is 0.251 e. The molecule has 0 atom stereocenters. The zero-order valence-corrected chi connectivity index (χ0v) is 15.3. The minimum Gasteiger partial charge on any atom is -0.497 e. The van der Waals surface area contributed by atoms with Crippen LogP contribution in [0.15, 0.2) is 42.5 Å². The van der Waals surface area contributed by atoms with Crippen LogP contribution in [-0.2, 0) is 4.79 Å². The van der Waals surface area contributed by atoms with Gasteiger partial charge in [-0.05, 0) is 55.3 Å². The molecule has 0 aliphatic heterocycles. The van der Waals surface area contributed by atoms with Crippen LogP contribution < -0.4 is 20.1 Å². The summed E-state index contributed by atoms with van der Waals surface area (Å²) < 4.78 is 10.7. The van der Waals surface area contributed by atoms with Crippen LogP contribution >= 0.6 is 0 Å². The summed E-state index contributed by atoms with van der Waals surface area (Å²) in [5, 5.41) is 5.44. The van der Waals surface area contributed by atoms with E-state index in [1.54, 1.807) is 32.4 Å². The van der Waals surface area contributed by atoms with Crippen LogP contribution in [0, 0.1) is 6.92 Å². The van der Waals surface area contributed by atoms with Crippen molar-refractivity contribution in [2.45, 2.75) is 19.8 Å². The number of amides is 2. The number of benzene rings is 2. The molecule has 2 amide bonds. The number of hydrogen-bond donors (Lipinski definition) is 2. The quantitative estimate of drug-likeness (QED) is 0.713. The van der Waals surface area contributed by atoms with Gasteiger partial charge in [0.2, 0.25) is 5.91 Å². The molecular formula is C20H24N2O4. The first-order valence-electron chi connectivity index (χ1n) is 8.43. The average Bonchev–Trinajstić information content (AvgIpc) is 2.66. The topological polar surface area (TPSA) is 76.7 Å². The van der Waals surface area contributed by atoms with Crippen molar-refractivity contribution in [2.24, 2.45) is 0 Å². The largest absolute Gasteiger partial charge is 0.497 e. The van der Waals surface area contributed by atoms with Crippen molar-refractivity contribution in [2.75, 3.05) is 26.1 Å². The molecule has 26 heavy (non-hydrogen) atoms. The molecule has 0 radical (unpaired) electrons. The number of nitrogens with one attached hydrogen (secondary N) is 2. The van der Waals surface area contributed by atoms with E-state index >= 15 is 0 Å². The van der Waals surface area contributed by atoms with Crippen LogP contribution in [0.4, 0.5) is 5.69 Å². The molecule has 0 aromatic heterocycles. The number of hydrogen-bond acceptors (Lipinski definition) is 4. The van der Waals surface area contributed by atoms with Crippen LogP contribution in [-0.4, -0.2) is 32.6 Å². The fourth-order valence-corrected chi connectivity index (χ4v) is 2.46. The Bertz CT molecular complexity index is 757. The van der Waals surface area contributed by atoms with Gasteiger partial charge in [0.25, 0.3) is 5.91 Å². The molecular weight excluding hydrogens is 332 g/mol. The molecule has 2 rings (SSSR count). The Hall–Kier alpha value is -3.02. The summed E-state index contributed by atoms with van der Waals surface area (Å²) in [4.78, 5) is 23.9. The molecule has 0 saturated heterocycles. The molecule has 2 aromatic carbocycles. The molecule has 0 spiro atoms. The number of methoxy groups -OCH3 is 1. The number of ether oxygens (including phenoxy) is 2. The second-order valence-corrected chi connectivity index (χ2v) is 5.73. The van der Waals surface area contributed by atoms with Gasteiger partial charge in [0.15, 0.2) is 0 Å². The predicted octanol–water partition coefficient (Wildman–Crippen LogP) is 3.16. The third-order valence-corrected chi connectivity index (χ3v) is 3.96. The fourth-order valence-electron chi connectivity index (χ4n) is 2.46. The van der Waals surface area contributed by atoms with E-state index in [0.29, 0.717) is 30.7 Å². The third kappa shape index (κ3) is 5.24. The Kier molecular flexibility index (Phi) is 7.02. The zero-order chi connectivity index (χ0) is 18.9. The molecule has 0 saturated carbocycles. The maximum absolute atomic E-state index is 12.1. The number of carbonyl (C=O) groups excluding carboxylic acids is 2. The fraction of sp³-hybridized carbons (Fsp3) is 0.300. The van der Waals surface area contributed by atoms with Crippen molar-refractivity contribution in [3.05, 3.63) is 53.6 Å². The molecule has 6 heteroatoms. The molecule has 0 heterocycles. The Morgan fingerprint density at radius 1 is 1.04 bits per heavy atom. The van der Waals surface area contributed by atoms with Crippen LogP contribution in [0.3, 0.4) is 0 Å². The monoisotopic (exact) mass is 356 g/mol. The van der Waals surface area contributed by atoms with Crippen molar-refractivity contribution in [1.82, 2.24) is 5.32 Å². The lowest BCUT2D eigenvalue weighted by Crippen LogP contribution is -2.20. The van der Waals surface area contributed by atoms with Crippen molar-refractivity contribution in [3.63, 3.8) is 0 Å². The Morgan fingerprint density at radius 2 is 1.73 bits per heavy atom. The minimum atomic E-state index is -0.175. The molecule has 138 valence electrons. The van der Waals surface area contributed by atoms with Gasteiger partial charge in [0.1, 0.15) is 11.5 Å². The summed E-state index contributed by atoms with van der Waals surface area (Å²) in [6.07, 6.45) is 0.922. The molecule has 0 bridgehead atoms. The van der Waals surface area contributed by atoms with Crippen LogP contribution in [0.5, 0.6) is 11.5 Å². The highest BCUT2D eigenvalue weighted by atomic mass is 16.5. The highest BCUT2D eigenvalue weighted by molar-refractivity contribution is 5.99. The summed E-state index contributed by atoms with van der Waals surface area (Å²) in [7, 11) is 3.19. The molecule has 0 unspecified atom stereocenters. The first-order valence-corrected chi connectivity index (χ1v) is 8.43. The standard InChI is InChI=1S/C20H24N2O4/c1-14-17(20(24)21-2)6-4-7-18(14)22-19(23)8-5-13-26-16-11-9-15(25-3)10-12-16/h4,6-7,9-12H,5,8,13H2,1-3H3,(H,21,24)(H,22,23). The van der Waals surface area contributed by atoms with Crippen molar-refractivity contribution < 1.29 is 19.1 Å². The van der Waals surface area contributed by atoms with Crippen LogP contribution in [0.1, 0.15) is 28.8 Å². The molecule has 2 aromatic rings.